The first-order chi connectivity index (χ1) is 15.6. The van der Waals surface area contributed by atoms with Crippen LogP contribution in [0.25, 0.3) is 5.65 Å². The molecule has 0 radical (unpaired) electrons. The highest BCUT2D eigenvalue weighted by molar-refractivity contribution is 5.98. The first kappa shape index (κ1) is 22.0. The molecule has 0 spiro atoms. The minimum Gasteiger partial charge on any atom is -0.484 e. The zero-order chi connectivity index (χ0) is 23.8. The van der Waals surface area contributed by atoms with Gasteiger partial charge in [0.2, 0.25) is 0 Å². The second-order valence-corrected chi connectivity index (χ2v) is 7.27. The van der Waals surface area contributed by atoms with Crippen LogP contribution in [0, 0.1) is 0 Å². The van der Waals surface area contributed by atoms with Crippen molar-refractivity contribution in [3.63, 3.8) is 0 Å². The smallest absolute Gasteiger partial charge is 0.433 e. The van der Waals surface area contributed by atoms with Gasteiger partial charge in [0.25, 0.3) is 5.91 Å². The van der Waals surface area contributed by atoms with Crippen molar-refractivity contribution in [2.75, 3.05) is 6.61 Å². The molecule has 13 heteroatoms. The first-order valence-electron chi connectivity index (χ1n) is 9.66. The van der Waals surface area contributed by atoms with Gasteiger partial charge in [0.15, 0.2) is 23.8 Å². The van der Waals surface area contributed by atoms with Gasteiger partial charge >= 0.3 is 12.1 Å². The molecule has 2 aromatic heterocycles. The SMILES string of the molecule is NC(=O)COc1ccc(/C(N)=N/OC(=O)c2cc3nc(C4CC4)cc(C(F)(F)F)n3n2)cc1. The molecule has 0 unspecified atom stereocenters. The lowest BCUT2D eigenvalue weighted by molar-refractivity contribution is -0.142. The van der Waals surface area contributed by atoms with Crippen molar-refractivity contribution in [1.29, 1.82) is 0 Å². The fraction of sp³-hybridized carbons (Fsp3) is 0.250. The van der Waals surface area contributed by atoms with Crippen LogP contribution in [0.4, 0.5) is 13.2 Å². The van der Waals surface area contributed by atoms with E-state index in [9.17, 15) is 22.8 Å². The van der Waals surface area contributed by atoms with Gasteiger partial charge in [0.1, 0.15) is 11.4 Å². The number of rotatable bonds is 7. The number of alkyl halides is 3. The second kappa shape index (κ2) is 8.41. The van der Waals surface area contributed by atoms with Crippen molar-refractivity contribution in [3.8, 4) is 5.75 Å². The number of hydrogen-bond acceptors (Lipinski definition) is 7. The van der Waals surface area contributed by atoms with E-state index in [-0.39, 0.29) is 24.0 Å². The molecule has 1 amide bonds. The van der Waals surface area contributed by atoms with E-state index in [0.717, 1.165) is 25.0 Å². The summed E-state index contributed by atoms with van der Waals surface area (Å²) in [6.45, 7) is -0.299. The van der Waals surface area contributed by atoms with Gasteiger partial charge < -0.3 is 21.0 Å². The van der Waals surface area contributed by atoms with E-state index in [4.69, 9.17) is 21.0 Å². The predicted octanol–water partition coefficient (Wildman–Crippen LogP) is 1.97. The minimum atomic E-state index is -4.69. The third-order valence-electron chi connectivity index (χ3n) is 4.70. The van der Waals surface area contributed by atoms with Crippen molar-refractivity contribution in [1.82, 2.24) is 14.6 Å². The quantitative estimate of drug-likeness (QED) is 0.236. The number of carbonyl (C=O) groups is 2. The number of aromatic nitrogens is 3. The average molecular weight is 462 g/mol. The fourth-order valence-corrected chi connectivity index (χ4v) is 2.95. The maximum absolute atomic E-state index is 13.5. The van der Waals surface area contributed by atoms with E-state index in [0.29, 0.717) is 21.5 Å². The van der Waals surface area contributed by atoms with Crippen molar-refractivity contribution in [2.45, 2.75) is 24.9 Å². The zero-order valence-corrected chi connectivity index (χ0v) is 16.9. The van der Waals surface area contributed by atoms with Gasteiger partial charge in [0, 0.05) is 23.2 Å². The van der Waals surface area contributed by atoms with Crippen molar-refractivity contribution < 1.29 is 32.3 Å². The number of amides is 1. The number of halogens is 3. The van der Waals surface area contributed by atoms with Gasteiger partial charge in [-0.1, -0.05) is 5.16 Å². The number of oxime groups is 1. The summed E-state index contributed by atoms with van der Waals surface area (Å²) in [7, 11) is 0. The summed E-state index contributed by atoms with van der Waals surface area (Å²) < 4.78 is 46.1. The second-order valence-electron chi connectivity index (χ2n) is 7.27. The van der Waals surface area contributed by atoms with Gasteiger partial charge in [-0.25, -0.2) is 14.3 Å². The van der Waals surface area contributed by atoms with Gasteiger partial charge in [-0.2, -0.15) is 18.3 Å². The van der Waals surface area contributed by atoms with E-state index in [1.165, 1.54) is 24.3 Å². The highest BCUT2D eigenvalue weighted by Gasteiger charge is 2.37. The molecule has 1 fully saturated rings. The molecule has 1 aliphatic carbocycles. The van der Waals surface area contributed by atoms with E-state index < -0.39 is 29.4 Å². The van der Waals surface area contributed by atoms with Gasteiger partial charge in [0.05, 0.1) is 0 Å². The summed E-state index contributed by atoms with van der Waals surface area (Å²) in [4.78, 5) is 32.0. The lowest BCUT2D eigenvalue weighted by atomic mass is 10.2. The average Bonchev–Trinajstić information content (AvgIpc) is 3.53. The molecule has 0 atom stereocenters. The Morgan fingerprint density at radius 3 is 2.45 bits per heavy atom. The predicted molar refractivity (Wildman–Crippen MR) is 107 cm³/mol. The number of hydrogen-bond donors (Lipinski definition) is 2. The number of amidine groups is 1. The van der Waals surface area contributed by atoms with Crippen LogP contribution in [0.2, 0.25) is 0 Å². The molecule has 4 rings (SSSR count). The third kappa shape index (κ3) is 5.02. The molecular weight excluding hydrogens is 445 g/mol. The number of nitrogens with zero attached hydrogens (tertiary/aromatic N) is 4. The molecule has 3 aromatic rings. The highest BCUT2D eigenvalue weighted by atomic mass is 19.4. The largest absolute Gasteiger partial charge is 0.484 e. The van der Waals surface area contributed by atoms with Gasteiger partial charge in [-0.15, -0.1) is 0 Å². The number of fused-ring (bicyclic) bond motifs is 1. The maximum Gasteiger partial charge on any atom is 0.433 e. The Kier molecular flexibility index (Phi) is 5.62. The molecule has 1 aromatic carbocycles. The summed E-state index contributed by atoms with van der Waals surface area (Å²) in [6.07, 6.45) is -3.17. The molecule has 2 heterocycles. The number of ether oxygens (including phenoxy) is 1. The van der Waals surface area contributed by atoms with Crippen molar-refractivity contribution in [3.05, 3.63) is 59.0 Å². The Bertz CT molecular complexity index is 1250. The van der Waals surface area contributed by atoms with E-state index in [2.05, 4.69) is 15.2 Å². The van der Waals surface area contributed by atoms with Crippen molar-refractivity contribution >= 4 is 23.4 Å². The normalized spacial score (nSPS) is 14.3. The number of nitrogens with two attached hydrogens (primary N) is 2. The number of benzene rings is 1. The van der Waals surface area contributed by atoms with E-state index in [1.807, 2.05) is 0 Å². The summed E-state index contributed by atoms with van der Waals surface area (Å²) in [6, 6.07) is 8.01. The van der Waals surface area contributed by atoms with Crippen LogP contribution >= 0.6 is 0 Å². The Labute approximate surface area is 184 Å². The Morgan fingerprint density at radius 1 is 1.15 bits per heavy atom. The standard InChI is InChI=1S/C20H17F3N6O4/c21-20(22,23)15-7-13(10-1-2-10)26-17-8-14(27-29(15)17)19(31)33-28-18(25)11-3-5-12(6-4-11)32-9-16(24)30/h3-8,10H,1-2,9H2,(H2,24,30)(H2,25,28). The zero-order valence-electron chi connectivity index (χ0n) is 16.9. The number of primary amides is 1. The fourth-order valence-electron chi connectivity index (χ4n) is 2.95. The summed E-state index contributed by atoms with van der Waals surface area (Å²) in [5.41, 5.74) is 9.88. The molecule has 4 N–H and O–H groups in total. The monoisotopic (exact) mass is 462 g/mol. The van der Waals surface area contributed by atoms with Crippen molar-refractivity contribution in [2.24, 2.45) is 16.6 Å². The molecular formula is C20H17F3N6O4. The van der Waals surface area contributed by atoms with Crippen LogP contribution in [0.5, 0.6) is 5.75 Å². The van der Waals surface area contributed by atoms with Crippen LogP contribution in [0.1, 0.15) is 46.2 Å². The molecule has 10 nitrogen and oxygen atoms in total. The Balaban J connectivity index is 1.51. The van der Waals surface area contributed by atoms with Crippen LogP contribution < -0.4 is 16.2 Å². The third-order valence-corrected chi connectivity index (χ3v) is 4.70. The molecule has 172 valence electrons. The van der Waals surface area contributed by atoms with Crippen LogP contribution in [-0.4, -0.2) is 38.9 Å². The molecule has 0 saturated heterocycles. The summed E-state index contributed by atoms with van der Waals surface area (Å²) >= 11 is 0. The number of carbonyl (C=O) groups excluding carboxylic acids is 2. The first-order valence-corrected chi connectivity index (χ1v) is 9.66. The molecule has 1 saturated carbocycles. The molecule has 33 heavy (non-hydrogen) atoms. The van der Waals surface area contributed by atoms with Gasteiger partial charge in [-0.05, 0) is 43.2 Å². The summed E-state index contributed by atoms with van der Waals surface area (Å²) in [5.74, 6) is -1.60. The van der Waals surface area contributed by atoms with E-state index in [1.54, 1.807) is 0 Å². The van der Waals surface area contributed by atoms with E-state index >= 15 is 0 Å². The van der Waals surface area contributed by atoms with Gasteiger partial charge in [-0.3, -0.25) is 4.79 Å². The van der Waals surface area contributed by atoms with Crippen LogP contribution in [0.3, 0.4) is 0 Å². The Morgan fingerprint density at radius 2 is 1.85 bits per heavy atom. The molecule has 1 aliphatic rings. The lowest BCUT2D eigenvalue weighted by Crippen LogP contribution is -2.20. The Hall–Kier alpha value is -4.16. The maximum atomic E-state index is 13.5. The van der Waals surface area contributed by atoms with Crippen LogP contribution in [-0.2, 0) is 15.8 Å². The van der Waals surface area contributed by atoms with Crippen LogP contribution in [0.15, 0.2) is 41.6 Å². The minimum absolute atomic E-state index is 0.0293. The topological polar surface area (TPSA) is 147 Å². The molecule has 0 aliphatic heterocycles. The highest BCUT2D eigenvalue weighted by Crippen LogP contribution is 2.41. The lowest BCUT2D eigenvalue weighted by Gasteiger charge is -2.10. The molecule has 0 bridgehead atoms. The summed E-state index contributed by atoms with van der Waals surface area (Å²) in [5, 5.41) is 7.20.